The van der Waals surface area contributed by atoms with Crippen molar-refractivity contribution in [2.75, 3.05) is 6.54 Å². The van der Waals surface area contributed by atoms with Gasteiger partial charge in [-0.1, -0.05) is 0 Å². The molecule has 1 fully saturated rings. The van der Waals surface area contributed by atoms with E-state index in [0.717, 1.165) is 6.54 Å². The van der Waals surface area contributed by atoms with Crippen molar-refractivity contribution in [2.24, 2.45) is 0 Å². The van der Waals surface area contributed by atoms with Crippen LogP contribution in [-0.4, -0.2) is 12.6 Å². The van der Waals surface area contributed by atoms with E-state index in [1.54, 1.807) is 0 Å². The number of nitrogens with one attached hydrogen (secondary N) is 1. The normalized spacial score (nSPS) is 28.2. The van der Waals surface area contributed by atoms with Gasteiger partial charge in [-0.15, -0.1) is 11.3 Å². The van der Waals surface area contributed by atoms with Crippen molar-refractivity contribution in [3.8, 4) is 0 Å². The van der Waals surface area contributed by atoms with E-state index in [0.29, 0.717) is 12.0 Å². The zero-order valence-corrected chi connectivity index (χ0v) is 11.3. The van der Waals surface area contributed by atoms with Gasteiger partial charge in [0.05, 0.1) is 3.79 Å². The highest BCUT2D eigenvalue weighted by Gasteiger charge is 2.24. The molecule has 2 rings (SSSR count). The third-order valence-electron chi connectivity index (χ3n) is 2.42. The molecule has 0 saturated carbocycles. The zero-order valence-electron chi connectivity index (χ0n) is 7.31. The van der Waals surface area contributed by atoms with Gasteiger partial charge in [0.2, 0.25) is 0 Å². The molecule has 0 bridgehead atoms. The van der Waals surface area contributed by atoms with Crippen LogP contribution < -0.4 is 5.32 Å². The predicted octanol–water partition coefficient (Wildman–Crippen LogP) is 3.74. The highest BCUT2D eigenvalue weighted by atomic mass is 79.9. The molecular formula is C9H11Br2NS. The Morgan fingerprint density at radius 1 is 1.54 bits per heavy atom. The van der Waals surface area contributed by atoms with Gasteiger partial charge in [-0.25, -0.2) is 0 Å². The molecule has 1 aliphatic rings. The summed E-state index contributed by atoms with van der Waals surface area (Å²) in [6.07, 6.45) is 1.26. The van der Waals surface area contributed by atoms with Crippen molar-refractivity contribution in [1.29, 1.82) is 0 Å². The Balaban J connectivity index is 2.17. The fourth-order valence-corrected chi connectivity index (χ4v) is 3.92. The van der Waals surface area contributed by atoms with E-state index < -0.39 is 0 Å². The van der Waals surface area contributed by atoms with Crippen molar-refractivity contribution in [3.05, 3.63) is 19.2 Å². The van der Waals surface area contributed by atoms with Gasteiger partial charge in [-0.3, -0.25) is 0 Å². The first-order chi connectivity index (χ1) is 6.16. The molecule has 0 aliphatic carbocycles. The number of halogens is 2. The van der Waals surface area contributed by atoms with Crippen LogP contribution in [-0.2, 0) is 0 Å². The molecule has 0 spiro atoms. The van der Waals surface area contributed by atoms with Crippen molar-refractivity contribution >= 4 is 43.2 Å². The lowest BCUT2D eigenvalue weighted by Crippen LogP contribution is -2.16. The maximum atomic E-state index is 3.53. The smallest absolute Gasteiger partial charge is 0.0843 e. The minimum absolute atomic E-state index is 0.671. The van der Waals surface area contributed by atoms with Crippen LogP contribution in [0.4, 0.5) is 0 Å². The first kappa shape index (κ1) is 10.1. The molecule has 2 atom stereocenters. The minimum atomic E-state index is 0.671. The van der Waals surface area contributed by atoms with Gasteiger partial charge in [-0.05, 0) is 51.3 Å². The third kappa shape index (κ3) is 2.17. The van der Waals surface area contributed by atoms with Crippen LogP contribution in [0.25, 0.3) is 0 Å². The summed E-state index contributed by atoms with van der Waals surface area (Å²) < 4.78 is 2.40. The lowest BCUT2D eigenvalue weighted by Gasteiger charge is -2.03. The van der Waals surface area contributed by atoms with Crippen molar-refractivity contribution < 1.29 is 0 Å². The molecule has 2 heterocycles. The van der Waals surface area contributed by atoms with E-state index >= 15 is 0 Å². The molecule has 1 N–H and O–H groups in total. The van der Waals surface area contributed by atoms with E-state index in [1.165, 1.54) is 19.6 Å². The number of hydrogen-bond donors (Lipinski definition) is 1. The summed E-state index contributed by atoms with van der Waals surface area (Å²) in [5.74, 6) is 0.711. The SMILES string of the molecule is CC1CC(c2cc(Br)c(Br)s2)CN1. The molecule has 1 aromatic heterocycles. The molecule has 4 heteroatoms. The first-order valence-electron chi connectivity index (χ1n) is 4.35. The molecule has 13 heavy (non-hydrogen) atoms. The lowest BCUT2D eigenvalue weighted by molar-refractivity contribution is 0.659. The predicted molar refractivity (Wildman–Crippen MR) is 64.5 cm³/mol. The van der Waals surface area contributed by atoms with Gasteiger partial charge in [0.1, 0.15) is 0 Å². The quantitative estimate of drug-likeness (QED) is 0.829. The Morgan fingerprint density at radius 3 is 2.77 bits per heavy atom. The zero-order chi connectivity index (χ0) is 9.42. The summed E-state index contributed by atoms with van der Waals surface area (Å²) in [6.45, 7) is 3.37. The largest absolute Gasteiger partial charge is 0.314 e. The molecule has 1 aromatic rings. The summed E-state index contributed by atoms with van der Waals surface area (Å²) >= 11 is 8.89. The maximum Gasteiger partial charge on any atom is 0.0843 e. The highest BCUT2D eigenvalue weighted by Crippen LogP contribution is 2.38. The van der Waals surface area contributed by atoms with Crippen LogP contribution in [0.2, 0.25) is 0 Å². The summed E-state index contributed by atoms with van der Waals surface area (Å²) in [4.78, 5) is 1.48. The molecule has 1 aliphatic heterocycles. The van der Waals surface area contributed by atoms with Crippen molar-refractivity contribution in [1.82, 2.24) is 5.32 Å². The number of thiophene rings is 1. The second-order valence-electron chi connectivity index (χ2n) is 3.51. The molecule has 0 amide bonds. The average Bonchev–Trinajstić information content (AvgIpc) is 2.61. The van der Waals surface area contributed by atoms with Crippen LogP contribution >= 0.6 is 43.2 Å². The molecule has 0 radical (unpaired) electrons. The van der Waals surface area contributed by atoms with Crippen LogP contribution in [0.5, 0.6) is 0 Å². The van der Waals surface area contributed by atoms with Gasteiger partial charge < -0.3 is 5.32 Å². The summed E-state index contributed by atoms with van der Waals surface area (Å²) in [5.41, 5.74) is 0. The van der Waals surface area contributed by atoms with Crippen LogP contribution in [0.1, 0.15) is 24.1 Å². The second-order valence-corrected chi connectivity index (χ2v) is 6.77. The highest BCUT2D eigenvalue weighted by molar-refractivity contribution is 9.13. The van der Waals surface area contributed by atoms with Crippen LogP contribution in [0.15, 0.2) is 14.3 Å². The molecule has 72 valence electrons. The summed E-state index contributed by atoms with van der Waals surface area (Å²) in [7, 11) is 0. The number of rotatable bonds is 1. The van der Waals surface area contributed by atoms with E-state index in [2.05, 4.69) is 50.2 Å². The third-order valence-corrected chi connectivity index (χ3v) is 5.84. The van der Waals surface area contributed by atoms with Gasteiger partial charge in [0.15, 0.2) is 0 Å². The Bertz CT molecular complexity index is 291. The fourth-order valence-electron chi connectivity index (χ4n) is 1.72. The van der Waals surface area contributed by atoms with E-state index in [9.17, 15) is 0 Å². The van der Waals surface area contributed by atoms with Crippen molar-refractivity contribution in [2.45, 2.75) is 25.3 Å². The molecular weight excluding hydrogens is 314 g/mol. The monoisotopic (exact) mass is 323 g/mol. The Morgan fingerprint density at radius 2 is 2.31 bits per heavy atom. The molecule has 1 nitrogen and oxygen atoms in total. The Hall–Kier alpha value is 0.620. The minimum Gasteiger partial charge on any atom is -0.314 e. The van der Waals surface area contributed by atoms with Gasteiger partial charge >= 0.3 is 0 Å². The first-order valence-corrected chi connectivity index (χ1v) is 6.75. The van der Waals surface area contributed by atoms with Crippen molar-refractivity contribution in [3.63, 3.8) is 0 Å². The summed E-state index contributed by atoms with van der Waals surface area (Å²) in [5, 5.41) is 3.47. The number of hydrogen-bond acceptors (Lipinski definition) is 2. The fraction of sp³-hybridized carbons (Fsp3) is 0.556. The summed E-state index contributed by atoms with van der Waals surface area (Å²) in [6, 6.07) is 2.91. The molecule has 1 saturated heterocycles. The van der Waals surface area contributed by atoms with Crippen LogP contribution in [0, 0.1) is 0 Å². The van der Waals surface area contributed by atoms with E-state index in [1.807, 2.05) is 11.3 Å². The topological polar surface area (TPSA) is 12.0 Å². The molecule has 0 aromatic carbocycles. The van der Waals surface area contributed by atoms with E-state index in [-0.39, 0.29) is 0 Å². The maximum absolute atomic E-state index is 3.53. The average molecular weight is 325 g/mol. The van der Waals surface area contributed by atoms with Crippen LogP contribution in [0.3, 0.4) is 0 Å². The Kier molecular flexibility index (Phi) is 3.13. The Labute approximate surface area is 99.2 Å². The van der Waals surface area contributed by atoms with Gasteiger partial charge in [0, 0.05) is 27.9 Å². The lowest BCUT2D eigenvalue weighted by atomic mass is 10.1. The van der Waals surface area contributed by atoms with Gasteiger partial charge in [0.25, 0.3) is 0 Å². The van der Waals surface area contributed by atoms with E-state index in [4.69, 9.17) is 0 Å². The van der Waals surface area contributed by atoms with Gasteiger partial charge in [-0.2, -0.15) is 0 Å². The molecule has 2 unspecified atom stereocenters. The second kappa shape index (κ2) is 4.01. The standard InChI is InChI=1S/C9H11Br2NS/c1-5-2-6(4-12-5)8-3-7(10)9(11)13-8/h3,5-6,12H,2,4H2,1H3.